The molecule has 0 fully saturated rings. The molecule has 4 nitrogen and oxygen atoms in total. The van der Waals surface area contributed by atoms with Crippen molar-refractivity contribution >= 4 is 32.7 Å². The zero-order chi connectivity index (χ0) is 14.8. The van der Waals surface area contributed by atoms with Gasteiger partial charge < -0.3 is 15.3 Å². The van der Waals surface area contributed by atoms with Crippen molar-refractivity contribution in [1.29, 1.82) is 0 Å². The van der Waals surface area contributed by atoms with Gasteiger partial charge >= 0.3 is 0 Å². The van der Waals surface area contributed by atoms with Crippen LogP contribution in [0.1, 0.15) is 21.6 Å². The Kier molecular flexibility index (Phi) is 3.84. The van der Waals surface area contributed by atoms with E-state index in [0.717, 1.165) is 22.0 Å². The van der Waals surface area contributed by atoms with Crippen LogP contribution >= 0.6 is 15.9 Å². The molecule has 21 heavy (non-hydrogen) atoms. The molecular formula is C16H16BrN3O. The molecule has 0 saturated carbocycles. The second-order valence-electron chi connectivity index (χ2n) is 5.00. The third-order valence-electron chi connectivity index (χ3n) is 3.66. The molecule has 2 aromatic heterocycles. The van der Waals surface area contributed by atoms with E-state index in [-0.39, 0.29) is 5.91 Å². The molecule has 2 heterocycles. The number of para-hydroxylation sites is 1. The van der Waals surface area contributed by atoms with Crippen LogP contribution in [0.3, 0.4) is 0 Å². The lowest BCUT2D eigenvalue weighted by molar-refractivity contribution is 0.0949. The molecule has 1 amide bonds. The summed E-state index contributed by atoms with van der Waals surface area (Å²) in [6.45, 7) is 2.52. The zero-order valence-corrected chi connectivity index (χ0v) is 13.3. The van der Waals surface area contributed by atoms with E-state index in [0.29, 0.717) is 12.2 Å². The van der Waals surface area contributed by atoms with Crippen LogP contribution < -0.4 is 5.32 Å². The summed E-state index contributed by atoms with van der Waals surface area (Å²) in [6.07, 6.45) is 4.59. The first-order chi connectivity index (χ1) is 10.2. The Bertz CT molecular complexity index is 788. The van der Waals surface area contributed by atoms with Gasteiger partial charge in [-0.25, -0.2) is 0 Å². The lowest BCUT2D eigenvalue weighted by Gasteiger charge is -2.04. The Morgan fingerprint density at radius 1 is 1.24 bits per heavy atom. The SMILES string of the molecule is Cc1c(Br)c[nH]c1C(=O)NCCc1c[nH]c2ccccc12. The molecule has 3 N–H and O–H groups in total. The highest BCUT2D eigenvalue weighted by molar-refractivity contribution is 9.10. The van der Waals surface area contributed by atoms with E-state index in [4.69, 9.17) is 0 Å². The number of fused-ring (bicyclic) bond motifs is 1. The summed E-state index contributed by atoms with van der Waals surface area (Å²) < 4.78 is 0.921. The first kappa shape index (κ1) is 13.9. The number of H-pyrrole nitrogens is 2. The minimum atomic E-state index is -0.0713. The number of rotatable bonds is 4. The number of hydrogen-bond donors (Lipinski definition) is 3. The van der Waals surface area contributed by atoms with E-state index < -0.39 is 0 Å². The third-order valence-corrected chi connectivity index (χ3v) is 4.48. The van der Waals surface area contributed by atoms with Gasteiger partial charge in [0.15, 0.2) is 0 Å². The van der Waals surface area contributed by atoms with Crippen molar-refractivity contribution < 1.29 is 4.79 Å². The molecule has 0 radical (unpaired) electrons. The van der Waals surface area contributed by atoms with E-state index in [2.05, 4.69) is 43.3 Å². The number of halogens is 1. The molecule has 0 spiro atoms. The van der Waals surface area contributed by atoms with E-state index in [1.54, 1.807) is 6.20 Å². The molecule has 1 aromatic carbocycles. The van der Waals surface area contributed by atoms with Crippen LogP contribution in [0.5, 0.6) is 0 Å². The maximum atomic E-state index is 12.1. The third kappa shape index (κ3) is 2.74. The Labute approximate surface area is 131 Å². The second kappa shape index (κ2) is 5.77. The first-order valence-electron chi connectivity index (χ1n) is 6.83. The topological polar surface area (TPSA) is 60.7 Å². The summed E-state index contributed by atoms with van der Waals surface area (Å²) in [7, 11) is 0. The lowest BCUT2D eigenvalue weighted by atomic mass is 10.1. The first-order valence-corrected chi connectivity index (χ1v) is 7.63. The quantitative estimate of drug-likeness (QED) is 0.665. The molecular weight excluding hydrogens is 330 g/mol. The summed E-state index contributed by atoms with van der Waals surface area (Å²) in [5, 5.41) is 4.16. The molecule has 0 aliphatic rings. The fourth-order valence-corrected chi connectivity index (χ4v) is 2.76. The summed E-state index contributed by atoms with van der Waals surface area (Å²) >= 11 is 3.40. The molecule has 0 atom stereocenters. The van der Waals surface area contributed by atoms with E-state index in [1.807, 2.05) is 25.3 Å². The summed E-state index contributed by atoms with van der Waals surface area (Å²) in [5.41, 5.74) is 3.89. The fourth-order valence-electron chi connectivity index (χ4n) is 2.44. The standard InChI is InChI=1S/C16H16BrN3O/c1-10-13(17)9-20-15(10)16(21)18-7-6-11-8-19-14-5-3-2-4-12(11)14/h2-5,8-9,19-20H,6-7H2,1H3,(H,18,21). The van der Waals surface area contributed by atoms with Gasteiger partial charge in [-0.15, -0.1) is 0 Å². The van der Waals surface area contributed by atoms with Gasteiger partial charge in [-0.05, 0) is 46.5 Å². The van der Waals surface area contributed by atoms with Gasteiger partial charge in [-0.2, -0.15) is 0 Å². The highest BCUT2D eigenvalue weighted by Gasteiger charge is 2.12. The molecule has 0 unspecified atom stereocenters. The lowest BCUT2D eigenvalue weighted by Crippen LogP contribution is -2.26. The van der Waals surface area contributed by atoms with Crippen molar-refractivity contribution in [2.24, 2.45) is 0 Å². The normalized spacial score (nSPS) is 11.0. The number of benzene rings is 1. The molecule has 0 aliphatic heterocycles. The number of hydrogen-bond acceptors (Lipinski definition) is 1. The van der Waals surface area contributed by atoms with Crippen LogP contribution in [0, 0.1) is 6.92 Å². The van der Waals surface area contributed by atoms with E-state index >= 15 is 0 Å². The molecule has 5 heteroatoms. The Balaban J connectivity index is 1.64. The fraction of sp³-hybridized carbons (Fsp3) is 0.188. The zero-order valence-electron chi connectivity index (χ0n) is 11.7. The second-order valence-corrected chi connectivity index (χ2v) is 5.86. The average molecular weight is 346 g/mol. The highest BCUT2D eigenvalue weighted by atomic mass is 79.9. The van der Waals surface area contributed by atoms with Crippen LogP contribution in [-0.4, -0.2) is 22.4 Å². The number of aromatic amines is 2. The molecule has 0 bridgehead atoms. The van der Waals surface area contributed by atoms with Gasteiger partial charge in [0, 0.05) is 34.3 Å². The number of nitrogens with one attached hydrogen (secondary N) is 3. The smallest absolute Gasteiger partial charge is 0.268 e. The van der Waals surface area contributed by atoms with Crippen LogP contribution in [0.25, 0.3) is 10.9 Å². The Hall–Kier alpha value is -2.01. The van der Waals surface area contributed by atoms with Gasteiger partial charge in [0.2, 0.25) is 0 Å². The van der Waals surface area contributed by atoms with Crippen molar-refractivity contribution in [3.8, 4) is 0 Å². The largest absolute Gasteiger partial charge is 0.361 e. The predicted octanol–water partition coefficient (Wildman–Crippen LogP) is 3.54. The predicted molar refractivity (Wildman–Crippen MR) is 87.6 cm³/mol. The average Bonchev–Trinajstić information content (AvgIpc) is 3.04. The van der Waals surface area contributed by atoms with Crippen molar-refractivity contribution in [1.82, 2.24) is 15.3 Å². The number of carbonyl (C=O) groups is 1. The van der Waals surface area contributed by atoms with Crippen LogP contribution in [-0.2, 0) is 6.42 Å². The highest BCUT2D eigenvalue weighted by Crippen LogP contribution is 2.19. The number of aromatic nitrogens is 2. The van der Waals surface area contributed by atoms with E-state index in [9.17, 15) is 4.79 Å². The molecule has 108 valence electrons. The van der Waals surface area contributed by atoms with Crippen molar-refractivity contribution in [3.63, 3.8) is 0 Å². The van der Waals surface area contributed by atoms with Gasteiger partial charge in [-0.3, -0.25) is 4.79 Å². The van der Waals surface area contributed by atoms with Crippen molar-refractivity contribution in [2.45, 2.75) is 13.3 Å². The van der Waals surface area contributed by atoms with Crippen LogP contribution in [0.4, 0.5) is 0 Å². The number of carbonyl (C=O) groups excluding carboxylic acids is 1. The van der Waals surface area contributed by atoms with Gasteiger partial charge in [0.25, 0.3) is 5.91 Å². The van der Waals surface area contributed by atoms with Crippen molar-refractivity contribution in [3.05, 3.63) is 58.0 Å². The number of amides is 1. The maximum Gasteiger partial charge on any atom is 0.268 e. The van der Waals surface area contributed by atoms with Gasteiger partial charge in [-0.1, -0.05) is 18.2 Å². The molecule has 3 rings (SSSR count). The summed E-state index contributed by atoms with van der Waals surface area (Å²) in [6, 6.07) is 8.18. The molecule has 0 saturated heterocycles. The minimum Gasteiger partial charge on any atom is -0.361 e. The van der Waals surface area contributed by atoms with Gasteiger partial charge in [0.05, 0.1) is 0 Å². The summed E-state index contributed by atoms with van der Waals surface area (Å²) in [5.74, 6) is -0.0713. The maximum absolute atomic E-state index is 12.1. The minimum absolute atomic E-state index is 0.0713. The van der Waals surface area contributed by atoms with Gasteiger partial charge in [0.1, 0.15) is 5.69 Å². The van der Waals surface area contributed by atoms with Crippen molar-refractivity contribution in [2.75, 3.05) is 6.54 Å². The monoisotopic (exact) mass is 345 g/mol. The molecule has 3 aromatic rings. The Morgan fingerprint density at radius 3 is 2.81 bits per heavy atom. The van der Waals surface area contributed by atoms with Crippen LogP contribution in [0.2, 0.25) is 0 Å². The summed E-state index contributed by atoms with van der Waals surface area (Å²) in [4.78, 5) is 18.3. The van der Waals surface area contributed by atoms with Crippen LogP contribution in [0.15, 0.2) is 41.1 Å². The Morgan fingerprint density at radius 2 is 2.05 bits per heavy atom. The molecule has 0 aliphatic carbocycles. The van der Waals surface area contributed by atoms with E-state index in [1.165, 1.54) is 10.9 Å².